The lowest BCUT2D eigenvalue weighted by Gasteiger charge is -2.24. The van der Waals surface area contributed by atoms with Gasteiger partial charge in [0.2, 0.25) is 17.6 Å². The van der Waals surface area contributed by atoms with E-state index in [0.717, 1.165) is 0 Å². The van der Waals surface area contributed by atoms with Crippen LogP contribution < -0.4 is 16.0 Å². The molecule has 0 aromatic rings. The molecule has 0 aliphatic carbocycles. The first kappa shape index (κ1) is 28.8. The molecule has 0 heterocycles. The lowest BCUT2D eigenvalue weighted by Crippen LogP contribution is -2.52. The number of ether oxygens (including phenoxy) is 2. The summed E-state index contributed by atoms with van der Waals surface area (Å²) >= 11 is 0. The summed E-state index contributed by atoms with van der Waals surface area (Å²) in [7, 11) is 3.29. The molecule has 9 nitrogen and oxygen atoms in total. The van der Waals surface area contributed by atoms with Crippen LogP contribution in [0.15, 0.2) is 0 Å². The van der Waals surface area contributed by atoms with Gasteiger partial charge in [-0.25, -0.2) is 0 Å². The number of amides is 2. The number of nitrogens with one attached hydrogen (secondary N) is 4. The van der Waals surface area contributed by atoms with Crippen LogP contribution in [0.1, 0.15) is 61.8 Å². The van der Waals surface area contributed by atoms with E-state index >= 15 is 0 Å². The second kappa shape index (κ2) is 14.2. The van der Waals surface area contributed by atoms with Gasteiger partial charge in [-0.2, -0.15) is 0 Å². The van der Waals surface area contributed by atoms with Crippen molar-refractivity contribution in [3.8, 4) is 0 Å². The number of hydrogen-bond donors (Lipinski definition) is 4. The summed E-state index contributed by atoms with van der Waals surface area (Å²) in [5.41, 5.74) is -0.286. The molecule has 0 fully saturated rings. The van der Waals surface area contributed by atoms with E-state index in [2.05, 4.69) is 16.0 Å². The minimum absolute atomic E-state index is 0.0191. The van der Waals surface area contributed by atoms with Gasteiger partial charge in [0.05, 0.1) is 11.5 Å². The van der Waals surface area contributed by atoms with Crippen LogP contribution in [0.5, 0.6) is 0 Å². The van der Waals surface area contributed by atoms with Gasteiger partial charge in [0.25, 0.3) is 0 Å². The highest BCUT2D eigenvalue weighted by Gasteiger charge is 2.18. The molecule has 0 bridgehead atoms. The average molecular weight is 376 g/mol. The zero-order valence-corrected chi connectivity index (χ0v) is 17.7. The molecule has 4 N–H and O–H groups in total. The zero-order chi connectivity index (χ0) is 21.6. The Morgan fingerprint density at radius 1 is 1.00 bits per heavy atom. The van der Waals surface area contributed by atoms with Gasteiger partial charge in [-0.15, -0.1) is 0 Å². The molecule has 2 amide bonds. The topological polar surface area (TPSA) is 130 Å². The number of carbonyl (C=O) groups is 3. The predicted molar refractivity (Wildman–Crippen MR) is 102 cm³/mol. The first-order valence-electron chi connectivity index (χ1n) is 8.19. The maximum Gasteiger partial charge on any atom is 0.305 e. The molecule has 0 unspecified atom stereocenters. The second-order valence-electron chi connectivity index (χ2n) is 6.27. The Morgan fingerprint density at radius 2 is 1.46 bits per heavy atom. The predicted octanol–water partition coefficient (Wildman–Crippen LogP) is 1.52. The third-order valence-corrected chi connectivity index (χ3v) is 2.68. The fourth-order valence-electron chi connectivity index (χ4n) is 1.19. The standard InChI is InChI=1S/C6H14N2O.C6H12O3.C5H10N2O/c1-5(9)8-6(2,3)7-4;1-5(7)9-6(2,3)8-4;1-3-5(6)7-4(2)8/h7H,1-4H3,(H,8,9);1-4H3;3H2,1-2H3,(H2,6,7,8). The van der Waals surface area contributed by atoms with Gasteiger partial charge in [-0.3, -0.25) is 25.1 Å². The summed E-state index contributed by atoms with van der Waals surface area (Å²) < 4.78 is 9.53. The van der Waals surface area contributed by atoms with Crippen molar-refractivity contribution in [2.75, 3.05) is 14.2 Å². The Hall–Kier alpha value is -2.00. The number of amidine groups is 1. The van der Waals surface area contributed by atoms with Gasteiger partial charge in [0.1, 0.15) is 0 Å². The Morgan fingerprint density at radius 3 is 1.58 bits per heavy atom. The van der Waals surface area contributed by atoms with Crippen LogP contribution in [0.4, 0.5) is 0 Å². The van der Waals surface area contributed by atoms with Gasteiger partial charge in [0.15, 0.2) is 0 Å². The molecule has 9 heteroatoms. The van der Waals surface area contributed by atoms with E-state index in [0.29, 0.717) is 6.42 Å². The molecule has 0 aromatic carbocycles. The van der Waals surface area contributed by atoms with Crippen LogP contribution in [-0.4, -0.2) is 49.2 Å². The van der Waals surface area contributed by atoms with Crippen LogP contribution in [0, 0.1) is 5.41 Å². The van der Waals surface area contributed by atoms with Gasteiger partial charge in [-0.1, -0.05) is 6.92 Å². The van der Waals surface area contributed by atoms with Crippen molar-refractivity contribution in [2.24, 2.45) is 0 Å². The average Bonchev–Trinajstić information content (AvgIpc) is 2.45. The van der Waals surface area contributed by atoms with E-state index in [1.54, 1.807) is 20.9 Å². The van der Waals surface area contributed by atoms with Gasteiger partial charge in [0, 0.05) is 48.1 Å². The summed E-state index contributed by atoms with van der Waals surface area (Å²) in [5, 5.41) is 14.9. The maximum absolute atomic E-state index is 10.5. The zero-order valence-electron chi connectivity index (χ0n) is 17.7. The minimum Gasteiger partial charge on any atom is -0.434 e. The summed E-state index contributed by atoms with van der Waals surface area (Å²) in [4.78, 5) is 30.9. The smallest absolute Gasteiger partial charge is 0.305 e. The van der Waals surface area contributed by atoms with Crippen molar-refractivity contribution in [1.29, 1.82) is 5.41 Å². The SMILES string of the molecule is CCC(=N)NC(C)=O.CNC(C)(C)NC(C)=O.COC(C)(C)OC(C)=O. The summed E-state index contributed by atoms with van der Waals surface area (Å²) in [6.07, 6.45) is 0.583. The summed E-state index contributed by atoms with van der Waals surface area (Å²) in [5.74, 6) is -1.03. The van der Waals surface area contributed by atoms with E-state index in [4.69, 9.17) is 14.9 Å². The third kappa shape index (κ3) is 24.3. The van der Waals surface area contributed by atoms with Crippen molar-refractivity contribution in [1.82, 2.24) is 16.0 Å². The van der Waals surface area contributed by atoms with Crippen LogP contribution in [0.25, 0.3) is 0 Å². The van der Waals surface area contributed by atoms with E-state index in [1.807, 2.05) is 20.8 Å². The fourth-order valence-corrected chi connectivity index (χ4v) is 1.19. The fraction of sp³-hybridized carbons (Fsp3) is 0.765. The van der Waals surface area contributed by atoms with Gasteiger partial charge in [-0.05, 0) is 20.9 Å². The molecule has 0 saturated heterocycles. The molecule has 154 valence electrons. The van der Waals surface area contributed by atoms with E-state index in [9.17, 15) is 14.4 Å². The molecular weight excluding hydrogens is 340 g/mol. The van der Waals surface area contributed by atoms with Crippen molar-refractivity contribution >= 4 is 23.6 Å². The van der Waals surface area contributed by atoms with Crippen molar-refractivity contribution < 1.29 is 23.9 Å². The molecule has 0 atom stereocenters. The monoisotopic (exact) mass is 376 g/mol. The molecule has 0 saturated carbocycles. The van der Waals surface area contributed by atoms with E-state index in [-0.39, 0.29) is 29.3 Å². The Labute approximate surface area is 157 Å². The Kier molecular flexibility index (Phi) is 15.7. The largest absolute Gasteiger partial charge is 0.434 e. The number of methoxy groups -OCH3 is 1. The normalized spacial score (nSPS) is 10.2. The lowest BCUT2D eigenvalue weighted by atomic mass is 10.2. The maximum atomic E-state index is 10.5. The van der Waals surface area contributed by atoms with Gasteiger partial charge < -0.3 is 20.1 Å². The molecule has 0 aromatic heterocycles. The lowest BCUT2D eigenvalue weighted by molar-refractivity contribution is -0.203. The van der Waals surface area contributed by atoms with Crippen molar-refractivity contribution in [3.63, 3.8) is 0 Å². The Balaban J connectivity index is -0.000000306. The molecular formula is C17H36N4O5. The first-order chi connectivity index (χ1) is 11.6. The number of rotatable bonds is 5. The third-order valence-electron chi connectivity index (χ3n) is 2.68. The summed E-state index contributed by atoms with van der Waals surface area (Å²) in [6.45, 7) is 13.2. The number of esters is 1. The van der Waals surface area contributed by atoms with Crippen LogP contribution >= 0.6 is 0 Å². The van der Waals surface area contributed by atoms with Crippen molar-refractivity contribution in [3.05, 3.63) is 0 Å². The molecule has 0 radical (unpaired) electrons. The quantitative estimate of drug-likeness (QED) is 0.249. The molecule has 0 spiro atoms. The van der Waals surface area contributed by atoms with Crippen LogP contribution in [0.2, 0.25) is 0 Å². The van der Waals surface area contributed by atoms with Crippen molar-refractivity contribution in [2.45, 2.75) is 73.3 Å². The Bertz CT molecular complexity index is 434. The highest BCUT2D eigenvalue weighted by Crippen LogP contribution is 2.08. The van der Waals surface area contributed by atoms with E-state index in [1.165, 1.54) is 27.9 Å². The molecule has 26 heavy (non-hydrogen) atoms. The first-order valence-corrected chi connectivity index (χ1v) is 8.19. The van der Waals surface area contributed by atoms with Crippen LogP contribution in [-0.2, 0) is 23.9 Å². The van der Waals surface area contributed by atoms with Gasteiger partial charge >= 0.3 is 5.97 Å². The summed E-state index contributed by atoms with van der Waals surface area (Å²) in [6, 6.07) is 0. The number of carbonyl (C=O) groups excluding carboxylic acids is 3. The number of hydrogen-bond acceptors (Lipinski definition) is 7. The van der Waals surface area contributed by atoms with E-state index < -0.39 is 5.79 Å². The van der Waals surface area contributed by atoms with Crippen LogP contribution in [0.3, 0.4) is 0 Å². The minimum atomic E-state index is -0.786. The highest BCUT2D eigenvalue weighted by atomic mass is 16.7. The molecule has 0 aliphatic heterocycles. The highest BCUT2D eigenvalue weighted by molar-refractivity contribution is 5.95. The molecule has 0 aliphatic rings. The molecule has 0 rings (SSSR count). The second-order valence-corrected chi connectivity index (χ2v) is 6.27.